The van der Waals surface area contributed by atoms with Crippen LogP contribution in [0.3, 0.4) is 0 Å². The lowest BCUT2D eigenvalue weighted by atomic mass is 9.97. The van der Waals surface area contributed by atoms with Crippen molar-refractivity contribution in [1.29, 1.82) is 0 Å². The highest BCUT2D eigenvalue weighted by Gasteiger charge is 2.27. The number of rotatable bonds is 7. The number of likely N-dealkylation sites (tertiary alicyclic amines) is 1. The summed E-state index contributed by atoms with van der Waals surface area (Å²) in [5.41, 5.74) is 5.13. The first kappa shape index (κ1) is 22.9. The number of furan rings is 1. The number of pyridine rings is 1. The third-order valence-electron chi connectivity index (χ3n) is 7.36. The number of piperidine rings is 1. The van der Waals surface area contributed by atoms with Crippen molar-refractivity contribution in [2.24, 2.45) is 13.0 Å². The van der Waals surface area contributed by atoms with Crippen LogP contribution in [-0.2, 0) is 7.05 Å². The quantitative estimate of drug-likeness (QED) is 0.326. The average molecular weight is 463 g/mol. The Bertz CT molecular complexity index is 1310. The molecule has 0 bridgehead atoms. The number of hydrogen-bond acceptors (Lipinski definition) is 4. The molecule has 0 radical (unpaired) electrons. The minimum absolute atomic E-state index is 0.635. The molecule has 0 atom stereocenters. The van der Waals surface area contributed by atoms with Gasteiger partial charge in [-0.25, -0.2) is 0 Å². The molecule has 5 rings (SSSR count). The molecule has 1 N–H and O–H groups in total. The van der Waals surface area contributed by atoms with Gasteiger partial charge in [-0.1, -0.05) is 12.1 Å². The zero-order chi connectivity index (χ0) is 23.9. The summed E-state index contributed by atoms with van der Waals surface area (Å²) in [6, 6.07) is 14.8. The van der Waals surface area contributed by atoms with Gasteiger partial charge in [0.2, 0.25) is 11.1 Å². The lowest BCUT2D eigenvalue weighted by molar-refractivity contribution is -0.896. The van der Waals surface area contributed by atoms with Crippen LogP contribution in [0.15, 0.2) is 46.9 Å². The van der Waals surface area contributed by atoms with Crippen LogP contribution in [0.25, 0.3) is 33.0 Å². The van der Waals surface area contributed by atoms with Gasteiger partial charge in [0.1, 0.15) is 18.4 Å². The molecule has 1 aliphatic rings. The van der Waals surface area contributed by atoms with E-state index in [0.29, 0.717) is 5.92 Å². The number of aryl methyl sites for hydroxylation is 1. The number of fused-ring (bicyclic) bond motifs is 4. The van der Waals surface area contributed by atoms with Gasteiger partial charge in [-0.05, 0) is 38.4 Å². The van der Waals surface area contributed by atoms with E-state index >= 15 is 0 Å². The fraction of sp³-hybridized carbons (Fsp3) is 0.464. The monoisotopic (exact) mass is 462 g/mol. The molecule has 3 heterocycles. The molecular formula is C28H38N4O2+2. The Balaban J connectivity index is 1.50. The van der Waals surface area contributed by atoms with Crippen molar-refractivity contribution in [3.05, 3.63) is 42.5 Å². The van der Waals surface area contributed by atoms with Crippen molar-refractivity contribution < 1.29 is 18.2 Å². The summed E-state index contributed by atoms with van der Waals surface area (Å²) in [5.74, 6) is 1.56. The second-order valence-corrected chi connectivity index (χ2v) is 10.8. The number of para-hydroxylation sites is 1. The lowest BCUT2D eigenvalue weighted by Gasteiger charge is -2.37. The Hall–Kier alpha value is -2.83. The molecule has 4 aromatic rings. The summed E-state index contributed by atoms with van der Waals surface area (Å²) in [7, 11) is 11.0. The van der Waals surface area contributed by atoms with Crippen molar-refractivity contribution in [1.82, 2.24) is 4.90 Å². The van der Waals surface area contributed by atoms with E-state index in [-0.39, 0.29) is 0 Å². The number of likely N-dealkylation sites (N-methyl/N-ethyl adjacent to an activating group) is 1. The second kappa shape index (κ2) is 9.08. The van der Waals surface area contributed by atoms with Crippen LogP contribution in [0.4, 0.5) is 5.69 Å². The number of ether oxygens (including phenoxy) is 1. The van der Waals surface area contributed by atoms with Crippen LogP contribution < -0.4 is 14.6 Å². The Morgan fingerprint density at radius 3 is 2.62 bits per heavy atom. The van der Waals surface area contributed by atoms with Crippen molar-refractivity contribution in [2.45, 2.75) is 12.8 Å². The van der Waals surface area contributed by atoms with Gasteiger partial charge in [-0.3, -0.25) is 0 Å². The van der Waals surface area contributed by atoms with E-state index in [2.05, 4.69) is 86.4 Å². The fourth-order valence-corrected chi connectivity index (χ4v) is 5.16. The highest BCUT2D eigenvalue weighted by molar-refractivity contribution is 6.11. The minimum Gasteiger partial charge on any atom is -0.493 e. The summed E-state index contributed by atoms with van der Waals surface area (Å²) >= 11 is 0. The maximum absolute atomic E-state index is 6.45. The Labute approximate surface area is 202 Å². The van der Waals surface area contributed by atoms with Crippen molar-refractivity contribution in [3.63, 3.8) is 0 Å². The minimum atomic E-state index is 0.635. The molecular weight excluding hydrogens is 424 g/mol. The van der Waals surface area contributed by atoms with Gasteiger partial charge in [0.05, 0.1) is 50.3 Å². The summed E-state index contributed by atoms with van der Waals surface area (Å²) < 4.78 is 16.1. The molecule has 1 fully saturated rings. The van der Waals surface area contributed by atoms with Crippen LogP contribution in [0.1, 0.15) is 12.8 Å². The SMILES string of the molecule is CN(C)CCNc1c2ccccc2[n+](C)c2c1oc1ccc(OCC3CC[N+](C)(C)CC3)cc12. The molecule has 0 spiro atoms. The zero-order valence-electron chi connectivity index (χ0n) is 21.2. The van der Waals surface area contributed by atoms with E-state index in [9.17, 15) is 0 Å². The summed E-state index contributed by atoms with van der Waals surface area (Å²) in [5, 5.41) is 5.92. The third-order valence-corrected chi connectivity index (χ3v) is 7.36. The number of anilines is 1. The third kappa shape index (κ3) is 4.44. The first-order valence-corrected chi connectivity index (χ1v) is 12.4. The number of aromatic nitrogens is 1. The van der Waals surface area contributed by atoms with Crippen LogP contribution in [0.5, 0.6) is 5.75 Å². The number of hydrogen-bond donors (Lipinski definition) is 1. The van der Waals surface area contributed by atoms with Crippen LogP contribution in [0.2, 0.25) is 0 Å². The first-order valence-electron chi connectivity index (χ1n) is 12.4. The fourth-order valence-electron chi connectivity index (χ4n) is 5.16. The van der Waals surface area contributed by atoms with Gasteiger partial charge in [0.25, 0.3) is 5.52 Å². The molecule has 2 aromatic heterocycles. The largest absolute Gasteiger partial charge is 0.493 e. The number of benzene rings is 2. The van der Waals surface area contributed by atoms with Crippen molar-refractivity contribution >= 4 is 38.7 Å². The normalized spacial score (nSPS) is 16.6. The topological polar surface area (TPSA) is 41.5 Å². The van der Waals surface area contributed by atoms with Crippen LogP contribution in [0, 0.1) is 5.92 Å². The smallest absolute Gasteiger partial charge is 0.261 e. The van der Waals surface area contributed by atoms with Crippen molar-refractivity contribution in [3.8, 4) is 5.75 Å². The van der Waals surface area contributed by atoms with Gasteiger partial charge in [0, 0.05) is 37.9 Å². The molecule has 6 heteroatoms. The standard InChI is InChI=1S/C28H37N4O2/c1-30(2)15-14-29-26-22-8-6-7-9-24(22)31(3)27-23-18-21(10-11-25(23)34-28(26)27)33-19-20-12-16-32(4,5)17-13-20/h6-11,18,20H,12-17,19H2,1-5H3/q+1/p+1. The van der Waals surface area contributed by atoms with Gasteiger partial charge in [-0.15, -0.1) is 0 Å². The predicted octanol–water partition coefficient (Wildman–Crippen LogP) is 4.40. The van der Waals surface area contributed by atoms with Gasteiger partial charge < -0.3 is 23.9 Å². The Morgan fingerprint density at radius 2 is 1.85 bits per heavy atom. The molecule has 1 aliphatic heterocycles. The Kier molecular flexibility index (Phi) is 6.13. The van der Waals surface area contributed by atoms with Gasteiger partial charge >= 0.3 is 0 Å². The van der Waals surface area contributed by atoms with E-state index in [0.717, 1.165) is 57.7 Å². The van der Waals surface area contributed by atoms with Crippen molar-refractivity contribution in [2.75, 3.05) is 66.3 Å². The molecule has 1 saturated heterocycles. The predicted molar refractivity (Wildman–Crippen MR) is 140 cm³/mol. The molecule has 180 valence electrons. The molecule has 6 nitrogen and oxygen atoms in total. The van der Waals surface area contributed by atoms with E-state index in [1.165, 1.54) is 36.8 Å². The Morgan fingerprint density at radius 1 is 1.09 bits per heavy atom. The first-order chi connectivity index (χ1) is 16.3. The number of quaternary nitrogens is 1. The molecule has 0 aliphatic carbocycles. The molecule has 2 aromatic carbocycles. The summed E-state index contributed by atoms with van der Waals surface area (Å²) in [4.78, 5) is 2.18. The van der Waals surface area contributed by atoms with E-state index in [1.54, 1.807) is 0 Å². The van der Waals surface area contributed by atoms with Gasteiger partial charge in [-0.2, -0.15) is 4.57 Å². The number of nitrogens with one attached hydrogen (secondary N) is 1. The van der Waals surface area contributed by atoms with E-state index < -0.39 is 0 Å². The summed E-state index contributed by atoms with van der Waals surface area (Å²) in [6.45, 7) is 5.04. The highest BCUT2D eigenvalue weighted by atomic mass is 16.5. The highest BCUT2D eigenvalue weighted by Crippen LogP contribution is 2.37. The zero-order valence-corrected chi connectivity index (χ0v) is 21.2. The number of nitrogens with zero attached hydrogens (tertiary/aromatic N) is 3. The van der Waals surface area contributed by atoms with Crippen LogP contribution >= 0.6 is 0 Å². The van der Waals surface area contributed by atoms with E-state index in [1.807, 2.05) is 6.07 Å². The average Bonchev–Trinajstić information content (AvgIpc) is 3.19. The van der Waals surface area contributed by atoms with Gasteiger partial charge in [0.15, 0.2) is 0 Å². The molecule has 34 heavy (non-hydrogen) atoms. The molecule has 0 amide bonds. The molecule has 0 saturated carbocycles. The maximum Gasteiger partial charge on any atom is 0.261 e. The second-order valence-electron chi connectivity index (χ2n) is 10.8. The van der Waals surface area contributed by atoms with E-state index in [4.69, 9.17) is 9.15 Å². The molecule has 0 unspecified atom stereocenters. The lowest BCUT2D eigenvalue weighted by Crippen LogP contribution is -2.46. The maximum atomic E-state index is 6.45. The summed E-state index contributed by atoms with van der Waals surface area (Å²) in [6.07, 6.45) is 2.46. The van der Waals surface area contributed by atoms with Crippen LogP contribution in [-0.4, -0.2) is 70.4 Å².